The van der Waals surface area contributed by atoms with Gasteiger partial charge in [-0.25, -0.2) is 0 Å². The summed E-state index contributed by atoms with van der Waals surface area (Å²) in [6.45, 7) is 10.4. The SMILES string of the molecule is [CH2-]Cc1[c-]cc(C(C)(C)C)cc1.[V+2]. The van der Waals surface area contributed by atoms with Gasteiger partial charge >= 0.3 is 18.6 Å². The summed E-state index contributed by atoms with van der Waals surface area (Å²) < 4.78 is 0. The molecule has 0 saturated heterocycles. The van der Waals surface area contributed by atoms with Crippen molar-refractivity contribution in [1.29, 1.82) is 0 Å². The Kier molecular flexibility index (Phi) is 4.81. The summed E-state index contributed by atoms with van der Waals surface area (Å²) in [4.78, 5) is 0. The summed E-state index contributed by atoms with van der Waals surface area (Å²) in [5.41, 5.74) is 2.75. The molecule has 1 radical (unpaired) electrons. The van der Waals surface area contributed by atoms with Crippen LogP contribution in [-0.2, 0) is 30.4 Å². The molecule has 0 aromatic heterocycles. The molecule has 1 aromatic carbocycles. The van der Waals surface area contributed by atoms with Crippen molar-refractivity contribution in [2.24, 2.45) is 0 Å². The van der Waals surface area contributed by atoms with Gasteiger partial charge in [0.2, 0.25) is 0 Å². The van der Waals surface area contributed by atoms with Gasteiger partial charge in [0.05, 0.1) is 0 Å². The Labute approximate surface area is 93.6 Å². The number of benzene rings is 1. The third-order valence-corrected chi connectivity index (χ3v) is 2.01. The Morgan fingerprint density at radius 3 is 2.23 bits per heavy atom. The smallest absolute Gasteiger partial charge is 0.341 e. The first-order valence-corrected chi connectivity index (χ1v) is 4.34. The van der Waals surface area contributed by atoms with Crippen LogP contribution in [0.25, 0.3) is 0 Å². The van der Waals surface area contributed by atoms with Crippen molar-refractivity contribution >= 4 is 0 Å². The zero-order valence-electron chi connectivity index (χ0n) is 8.59. The van der Waals surface area contributed by atoms with E-state index < -0.39 is 0 Å². The molecule has 0 saturated carbocycles. The van der Waals surface area contributed by atoms with Crippen molar-refractivity contribution in [2.45, 2.75) is 32.6 Å². The molecule has 0 aliphatic rings. The van der Waals surface area contributed by atoms with Gasteiger partial charge in [-0.1, -0.05) is 26.2 Å². The van der Waals surface area contributed by atoms with E-state index in [1.54, 1.807) is 0 Å². The fourth-order valence-electron chi connectivity index (χ4n) is 1.08. The molecule has 0 amide bonds. The second-order valence-corrected chi connectivity index (χ2v) is 4.10. The second-order valence-electron chi connectivity index (χ2n) is 4.10. The summed E-state index contributed by atoms with van der Waals surface area (Å²) >= 11 is 0. The van der Waals surface area contributed by atoms with E-state index in [4.69, 9.17) is 0 Å². The molecule has 0 spiro atoms. The van der Waals surface area contributed by atoms with Crippen LogP contribution >= 0.6 is 0 Å². The first-order valence-electron chi connectivity index (χ1n) is 4.34. The van der Waals surface area contributed by atoms with Crippen molar-refractivity contribution in [3.05, 3.63) is 42.3 Å². The van der Waals surface area contributed by atoms with Crippen LogP contribution in [0.3, 0.4) is 0 Å². The molecule has 0 atom stereocenters. The molecule has 0 unspecified atom stereocenters. The van der Waals surface area contributed by atoms with Crippen LogP contribution in [-0.4, -0.2) is 0 Å². The zero-order valence-corrected chi connectivity index (χ0v) is 9.99. The molecular formula is C12H16V. The number of hydrogen-bond donors (Lipinski definition) is 0. The monoisotopic (exact) mass is 211 g/mol. The average Bonchev–Trinajstić information content (AvgIpc) is 2.03. The summed E-state index contributed by atoms with van der Waals surface area (Å²) in [5, 5.41) is 0. The zero-order chi connectivity index (χ0) is 9.19. The number of hydrogen-bond acceptors (Lipinski definition) is 0. The van der Waals surface area contributed by atoms with Crippen LogP contribution in [0.5, 0.6) is 0 Å². The predicted molar refractivity (Wildman–Crippen MR) is 53.0 cm³/mol. The van der Waals surface area contributed by atoms with E-state index in [0.717, 1.165) is 6.42 Å². The second kappa shape index (κ2) is 4.88. The Hall–Kier alpha value is -0.196. The van der Waals surface area contributed by atoms with Gasteiger partial charge in [0, 0.05) is 0 Å². The van der Waals surface area contributed by atoms with E-state index in [1.165, 1.54) is 11.1 Å². The Morgan fingerprint density at radius 1 is 1.31 bits per heavy atom. The van der Waals surface area contributed by atoms with Gasteiger partial charge in [0.1, 0.15) is 0 Å². The average molecular weight is 211 g/mol. The molecule has 1 rings (SSSR count). The molecule has 0 nitrogen and oxygen atoms in total. The Morgan fingerprint density at radius 2 is 1.92 bits per heavy atom. The summed E-state index contributed by atoms with van der Waals surface area (Å²) in [5.74, 6) is 0. The van der Waals surface area contributed by atoms with Crippen LogP contribution in [0.15, 0.2) is 18.2 Å². The van der Waals surface area contributed by atoms with Gasteiger partial charge in [0.25, 0.3) is 0 Å². The van der Waals surface area contributed by atoms with E-state index >= 15 is 0 Å². The summed E-state index contributed by atoms with van der Waals surface area (Å²) in [6, 6.07) is 9.57. The minimum atomic E-state index is 0. The molecule has 0 bridgehead atoms. The fourth-order valence-corrected chi connectivity index (χ4v) is 1.08. The molecule has 0 fully saturated rings. The van der Waals surface area contributed by atoms with E-state index in [-0.39, 0.29) is 24.0 Å². The Bertz CT molecular complexity index is 241. The van der Waals surface area contributed by atoms with Crippen LogP contribution < -0.4 is 0 Å². The van der Waals surface area contributed by atoms with Crippen molar-refractivity contribution in [1.82, 2.24) is 0 Å². The van der Waals surface area contributed by atoms with Crippen molar-refractivity contribution < 1.29 is 18.6 Å². The van der Waals surface area contributed by atoms with Gasteiger partial charge in [-0.15, -0.1) is 0 Å². The third-order valence-electron chi connectivity index (χ3n) is 2.01. The maximum absolute atomic E-state index is 3.82. The van der Waals surface area contributed by atoms with E-state index in [1.807, 2.05) is 0 Å². The molecule has 0 aliphatic carbocycles. The van der Waals surface area contributed by atoms with Gasteiger partial charge in [-0.3, -0.25) is 0 Å². The van der Waals surface area contributed by atoms with Gasteiger partial charge in [-0.2, -0.15) is 41.8 Å². The first-order chi connectivity index (χ1) is 5.54. The van der Waals surface area contributed by atoms with Gasteiger partial charge in [0.15, 0.2) is 0 Å². The largest absolute Gasteiger partial charge is 2.00 e. The van der Waals surface area contributed by atoms with Crippen molar-refractivity contribution in [3.8, 4) is 0 Å². The van der Waals surface area contributed by atoms with Gasteiger partial charge in [-0.05, 0) is 0 Å². The molecule has 1 heteroatoms. The maximum Gasteiger partial charge on any atom is 2.00 e. The minimum Gasteiger partial charge on any atom is -0.341 e. The number of rotatable bonds is 1. The molecular weight excluding hydrogens is 195 g/mol. The molecule has 0 N–H and O–H groups in total. The topological polar surface area (TPSA) is 0 Å². The third kappa shape index (κ3) is 3.58. The van der Waals surface area contributed by atoms with Crippen LogP contribution in [0.4, 0.5) is 0 Å². The molecule has 13 heavy (non-hydrogen) atoms. The van der Waals surface area contributed by atoms with Crippen LogP contribution in [0, 0.1) is 13.0 Å². The first kappa shape index (κ1) is 12.8. The van der Waals surface area contributed by atoms with Gasteiger partial charge < -0.3 is 6.92 Å². The molecule has 1 aromatic rings. The van der Waals surface area contributed by atoms with E-state index in [9.17, 15) is 0 Å². The summed E-state index contributed by atoms with van der Waals surface area (Å²) in [6.07, 6.45) is 0.824. The fraction of sp³-hybridized carbons (Fsp3) is 0.417. The van der Waals surface area contributed by atoms with Crippen LogP contribution in [0.1, 0.15) is 31.9 Å². The molecule has 0 heterocycles. The normalized spacial score (nSPS) is 10.8. The van der Waals surface area contributed by atoms with E-state index in [0.29, 0.717) is 0 Å². The minimum absolute atomic E-state index is 0. The molecule has 69 valence electrons. The van der Waals surface area contributed by atoms with Crippen molar-refractivity contribution in [2.75, 3.05) is 0 Å². The maximum atomic E-state index is 3.82. The van der Waals surface area contributed by atoms with Crippen molar-refractivity contribution in [3.63, 3.8) is 0 Å². The van der Waals surface area contributed by atoms with Crippen LogP contribution in [0.2, 0.25) is 0 Å². The Balaban J connectivity index is 0.00000144. The predicted octanol–water partition coefficient (Wildman–Crippen LogP) is 3.16. The summed E-state index contributed by atoms with van der Waals surface area (Å²) in [7, 11) is 0. The standard InChI is InChI=1S/C12H16.V/c1-5-10-6-8-11(9-7-10)12(2,3)4;/h6,8-9H,1,5H2,2-4H3;/q-2;+2. The quantitative estimate of drug-likeness (QED) is 0.626. The van der Waals surface area contributed by atoms with E-state index in [2.05, 4.69) is 52.0 Å². The molecule has 0 aliphatic heterocycles.